The second-order valence-electron chi connectivity index (χ2n) is 2.03. The maximum atomic E-state index is 12.4. The highest BCUT2D eigenvalue weighted by atomic mass is 79.9. The van der Waals surface area contributed by atoms with Crippen LogP contribution in [0.15, 0.2) is 27.6 Å². The lowest BCUT2D eigenvalue weighted by Gasteiger charge is -2.00. The molecule has 0 saturated heterocycles. The highest BCUT2D eigenvalue weighted by Crippen LogP contribution is 2.31. The van der Waals surface area contributed by atoms with Gasteiger partial charge in [0.2, 0.25) is 0 Å². The quantitative estimate of drug-likeness (QED) is 0.778. The SMILES string of the molecule is O=S(=O)(F)c1c(O)cccc1Br. The van der Waals surface area contributed by atoms with Gasteiger partial charge in [-0.3, -0.25) is 0 Å². The Morgan fingerprint density at radius 1 is 1.42 bits per heavy atom. The van der Waals surface area contributed by atoms with Crippen LogP contribution in [-0.4, -0.2) is 13.5 Å². The van der Waals surface area contributed by atoms with Gasteiger partial charge in [0.15, 0.2) is 4.90 Å². The summed E-state index contributed by atoms with van der Waals surface area (Å²) in [5.41, 5.74) is 0. The molecule has 0 aliphatic heterocycles. The molecular formula is C6H4BrFO3S. The van der Waals surface area contributed by atoms with E-state index in [1.54, 1.807) is 0 Å². The van der Waals surface area contributed by atoms with Gasteiger partial charge in [0.05, 0.1) is 0 Å². The van der Waals surface area contributed by atoms with E-state index in [0.717, 1.165) is 6.07 Å². The molecule has 1 rings (SSSR count). The topological polar surface area (TPSA) is 54.4 Å². The summed E-state index contributed by atoms with van der Waals surface area (Å²) in [4.78, 5) is -0.731. The minimum absolute atomic E-state index is 0.00463. The van der Waals surface area contributed by atoms with Gasteiger partial charge in [-0.25, -0.2) is 0 Å². The van der Waals surface area contributed by atoms with E-state index in [4.69, 9.17) is 5.11 Å². The number of benzene rings is 1. The molecule has 3 nitrogen and oxygen atoms in total. The van der Waals surface area contributed by atoms with E-state index in [-0.39, 0.29) is 4.47 Å². The fraction of sp³-hybridized carbons (Fsp3) is 0. The van der Waals surface area contributed by atoms with Gasteiger partial charge in [-0.1, -0.05) is 6.07 Å². The van der Waals surface area contributed by atoms with Gasteiger partial charge in [0, 0.05) is 4.47 Å². The Labute approximate surface area is 77.2 Å². The number of hydrogen-bond acceptors (Lipinski definition) is 3. The van der Waals surface area contributed by atoms with Crippen LogP contribution in [0.25, 0.3) is 0 Å². The van der Waals surface area contributed by atoms with E-state index in [9.17, 15) is 12.3 Å². The van der Waals surface area contributed by atoms with Crippen LogP contribution in [0.5, 0.6) is 5.75 Å². The average molecular weight is 255 g/mol. The second kappa shape index (κ2) is 3.02. The third kappa shape index (κ3) is 1.75. The fourth-order valence-corrected chi connectivity index (χ4v) is 2.29. The molecular weight excluding hydrogens is 251 g/mol. The van der Waals surface area contributed by atoms with Crippen LogP contribution in [0.4, 0.5) is 3.89 Å². The van der Waals surface area contributed by atoms with E-state index < -0.39 is 20.9 Å². The molecule has 0 saturated carbocycles. The van der Waals surface area contributed by atoms with Crippen LogP contribution >= 0.6 is 15.9 Å². The summed E-state index contributed by atoms with van der Waals surface area (Å²) >= 11 is 2.80. The summed E-state index contributed by atoms with van der Waals surface area (Å²) in [6.07, 6.45) is 0. The molecule has 66 valence electrons. The monoisotopic (exact) mass is 254 g/mol. The molecule has 0 aromatic heterocycles. The third-order valence-corrected chi connectivity index (χ3v) is 3.03. The molecule has 0 fully saturated rings. The highest BCUT2D eigenvalue weighted by molar-refractivity contribution is 9.10. The van der Waals surface area contributed by atoms with Crippen molar-refractivity contribution in [2.24, 2.45) is 0 Å². The Kier molecular flexibility index (Phi) is 2.39. The number of halogens is 2. The van der Waals surface area contributed by atoms with Gasteiger partial charge in [-0.15, -0.1) is 3.89 Å². The summed E-state index contributed by atoms with van der Waals surface area (Å²) in [6.45, 7) is 0. The van der Waals surface area contributed by atoms with Crippen LogP contribution < -0.4 is 0 Å². The Bertz CT molecular complexity index is 381. The zero-order valence-electron chi connectivity index (χ0n) is 5.66. The van der Waals surface area contributed by atoms with E-state index in [0.29, 0.717) is 0 Å². The number of rotatable bonds is 1. The van der Waals surface area contributed by atoms with Crippen LogP contribution in [0.2, 0.25) is 0 Å². The first kappa shape index (κ1) is 9.47. The predicted molar refractivity (Wildman–Crippen MR) is 44.1 cm³/mol. The van der Waals surface area contributed by atoms with E-state index in [1.165, 1.54) is 12.1 Å². The number of hydrogen-bond donors (Lipinski definition) is 1. The molecule has 0 unspecified atom stereocenters. The molecule has 0 radical (unpaired) electrons. The minimum atomic E-state index is -4.86. The summed E-state index contributed by atoms with van der Waals surface area (Å²) in [5, 5.41) is 8.98. The molecule has 0 atom stereocenters. The Balaban J connectivity index is 3.53. The fourth-order valence-electron chi connectivity index (χ4n) is 0.739. The largest absolute Gasteiger partial charge is 0.506 e. The van der Waals surface area contributed by atoms with Crippen LogP contribution in [0, 0.1) is 0 Å². The number of phenols is 1. The van der Waals surface area contributed by atoms with E-state index in [2.05, 4.69) is 15.9 Å². The molecule has 0 spiro atoms. The maximum absolute atomic E-state index is 12.4. The molecule has 1 N–H and O–H groups in total. The van der Waals surface area contributed by atoms with Gasteiger partial charge in [0.1, 0.15) is 5.75 Å². The lowest BCUT2D eigenvalue weighted by atomic mass is 10.3. The Morgan fingerprint density at radius 3 is 2.33 bits per heavy atom. The smallest absolute Gasteiger partial charge is 0.336 e. The molecule has 6 heteroatoms. The summed E-state index contributed by atoms with van der Waals surface area (Å²) in [7, 11) is -4.86. The molecule has 12 heavy (non-hydrogen) atoms. The second-order valence-corrected chi connectivity index (χ2v) is 4.16. The first-order valence-electron chi connectivity index (χ1n) is 2.85. The van der Waals surface area contributed by atoms with Crippen molar-refractivity contribution in [3.8, 4) is 5.75 Å². The van der Waals surface area contributed by atoms with Gasteiger partial charge in [-0.05, 0) is 28.1 Å². The molecule has 0 aliphatic carbocycles. The maximum Gasteiger partial charge on any atom is 0.336 e. The first-order chi connectivity index (χ1) is 5.43. The van der Waals surface area contributed by atoms with Gasteiger partial charge < -0.3 is 5.11 Å². The Hall–Kier alpha value is -0.620. The molecule has 0 amide bonds. The minimum Gasteiger partial charge on any atom is -0.506 e. The molecule has 0 heterocycles. The van der Waals surface area contributed by atoms with Crippen molar-refractivity contribution in [2.45, 2.75) is 4.90 Å². The lowest BCUT2D eigenvalue weighted by Crippen LogP contribution is -1.93. The van der Waals surface area contributed by atoms with Gasteiger partial charge >= 0.3 is 10.2 Å². The summed E-state index contributed by atoms with van der Waals surface area (Å²) in [5.74, 6) is -0.605. The zero-order chi connectivity index (χ0) is 9.35. The van der Waals surface area contributed by atoms with Crippen LogP contribution in [0.1, 0.15) is 0 Å². The van der Waals surface area contributed by atoms with Crippen molar-refractivity contribution in [3.05, 3.63) is 22.7 Å². The highest BCUT2D eigenvalue weighted by Gasteiger charge is 2.20. The summed E-state index contributed by atoms with van der Waals surface area (Å²) in [6, 6.07) is 3.82. The van der Waals surface area contributed by atoms with Crippen LogP contribution in [0.3, 0.4) is 0 Å². The van der Waals surface area contributed by atoms with E-state index in [1.807, 2.05) is 0 Å². The lowest BCUT2D eigenvalue weighted by molar-refractivity contribution is 0.454. The number of aromatic hydroxyl groups is 1. The third-order valence-electron chi connectivity index (χ3n) is 1.19. The number of phenolic OH excluding ortho intramolecular Hbond substituents is 1. The molecule has 1 aromatic rings. The van der Waals surface area contributed by atoms with Crippen molar-refractivity contribution in [3.63, 3.8) is 0 Å². The van der Waals surface area contributed by atoms with Crippen LogP contribution in [-0.2, 0) is 10.2 Å². The van der Waals surface area contributed by atoms with Gasteiger partial charge in [-0.2, -0.15) is 8.42 Å². The van der Waals surface area contributed by atoms with Crippen molar-refractivity contribution in [1.82, 2.24) is 0 Å². The molecule has 1 aromatic carbocycles. The normalized spacial score (nSPS) is 11.5. The summed E-state index contributed by atoms with van der Waals surface area (Å²) < 4.78 is 33.3. The first-order valence-corrected chi connectivity index (χ1v) is 5.02. The molecule has 0 bridgehead atoms. The van der Waals surface area contributed by atoms with Gasteiger partial charge in [0.25, 0.3) is 0 Å². The predicted octanol–water partition coefficient (Wildman–Crippen LogP) is 1.81. The Morgan fingerprint density at radius 2 is 2.00 bits per heavy atom. The standard InChI is InChI=1S/C6H4BrFO3S/c7-4-2-1-3-5(9)6(4)12(8,10)11/h1-3,9H. The molecule has 0 aliphatic rings. The zero-order valence-corrected chi connectivity index (χ0v) is 8.06. The van der Waals surface area contributed by atoms with Crippen molar-refractivity contribution in [2.75, 3.05) is 0 Å². The average Bonchev–Trinajstić information content (AvgIpc) is 1.82. The van der Waals surface area contributed by atoms with E-state index >= 15 is 0 Å². The van der Waals surface area contributed by atoms with Crippen molar-refractivity contribution in [1.29, 1.82) is 0 Å². The van der Waals surface area contributed by atoms with Crippen molar-refractivity contribution >= 4 is 26.2 Å². The van der Waals surface area contributed by atoms with Crippen molar-refractivity contribution < 1.29 is 17.4 Å².